The summed E-state index contributed by atoms with van der Waals surface area (Å²) in [7, 11) is 3.88. The molecule has 1 heterocycles. The van der Waals surface area contributed by atoms with Gasteiger partial charge in [-0.3, -0.25) is 0 Å². The summed E-state index contributed by atoms with van der Waals surface area (Å²) in [6, 6.07) is 14.0. The molecule has 0 aliphatic rings. The number of halogens is 1. The van der Waals surface area contributed by atoms with Gasteiger partial charge in [-0.05, 0) is 23.9 Å². The van der Waals surface area contributed by atoms with Crippen LogP contribution in [0.15, 0.2) is 52.8 Å². The van der Waals surface area contributed by atoms with E-state index in [4.69, 9.17) is 0 Å². The van der Waals surface area contributed by atoms with Crippen molar-refractivity contribution in [2.24, 2.45) is 4.99 Å². The number of aliphatic hydroxyl groups is 1. The summed E-state index contributed by atoms with van der Waals surface area (Å²) in [4.78, 5) is 7.47. The van der Waals surface area contributed by atoms with Gasteiger partial charge in [-0.15, -0.1) is 35.3 Å². The number of aliphatic imine (C=N–C) groups is 1. The Morgan fingerprint density at radius 2 is 1.91 bits per heavy atom. The van der Waals surface area contributed by atoms with Crippen LogP contribution in [0.3, 0.4) is 0 Å². The number of rotatable bonds is 5. The van der Waals surface area contributed by atoms with Crippen molar-refractivity contribution in [2.75, 3.05) is 20.6 Å². The summed E-state index contributed by atoms with van der Waals surface area (Å²) in [5, 5.41) is 15.8. The van der Waals surface area contributed by atoms with Crippen LogP contribution in [0.25, 0.3) is 0 Å². The molecule has 1 aromatic heterocycles. The van der Waals surface area contributed by atoms with E-state index in [-0.39, 0.29) is 24.0 Å². The molecular formula is C17H24IN3OS. The van der Waals surface area contributed by atoms with Crippen molar-refractivity contribution in [2.45, 2.75) is 19.1 Å². The molecule has 23 heavy (non-hydrogen) atoms. The average molecular weight is 445 g/mol. The number of nitrogens with zero attached hydrogens (tertiary/aromatic N) is 2. The molecule has 0 fully saturated rings. The molecule has 0 aliphatic heterocycles. The van der Waals surface area contributed by atoms with Crippen molar-refractivity contribution in [3.63, 3.8) is 0 Å². The summed E-state index contributed by atoms with van der Waals surface area (Å²) in [5.41, 5.74) is 0.256. The lowest BCUT2D eigenvalue weighted by Gasteiger charge is -2.25. The molecule has 2 N–H and O–H groups in total. The van der Waals surface area contributed by atoms with E-state index >= 15 is 0 Å². The Morgan fingerprint density at radius 1 is 1.22 bits per heavy atom. The second-order valence-electron chi connectivity index (χ2n) is 5.62. The van der Waals surface area contributed by atoms with Crippen LogP contribution in [0, 0.1) is 0 Å². The topological polar surface area (TPSA) is 47.9 Å². The molecule has 1 aromatic carbocycles. The normalized spacial score (nSPS) is 13.8. The zero-order chi connectivity index (χ0) is 16.0. The molecule has 1 unspecified atom stereocenters. The van der Waals surface area contributed by atoms with Gasteiger partial charge in [0, 0.05) is 19.0 Å². The smallest absolute Gasteiger partial charge is 0.193 e. The molecular weight excluding hydrogens is 421 g/mol. The number of hydrogen-bond acceptors (Lipinski definition) is 3. The highest BCUT2D eigenvalue weighted by atomic mass is 127. The van der Waals surface area contributed by atoms with Gasteiger partial charge < -0.3 is 15.3 Å². The van der Waals surface area contributed by atoms with Crippen molar-refractivity contribution in [1.29, 1.82) is 0 Å². The fourth-order valence-corrected chi connectivity index (χ4v) is 2.82. The molecule has 2 rings (SSSR count). The summed E-state index contributed by atoms with van der Waals surface area (Å²) >= 11 is 1.56. The summed E-state index contributed by atoms with van der Waals surface area (Å²) in [6.45, 7) is 2.85. The first-order valence-corrected chi connectivity index (χ1v) is 8.13. The fourth-order valence-electron chi connectivity index (χ4n) is 2.03. The molecule has 0 saturated carbocycles. The molecule has 0 spiro atoms. The number of benzene rings is 1. The lowest BCUT2D eigenvalue weighted by Crippen LogP contribution is -2.43. The fraction of sp³-hybridized carbons (Fsp3) is 0.353. The van der Waals surface area contributed by atoms with Crippen LogP contribution >= 0.6 is 35.3 Å². The third kappa shape index (κ3) is 6.12. The molecule has 0 bridgehead atoms. The second kappa shape index (κ2) is 9.24. The van der Waals surface area contributed by atoms with Crippen LogP contribution in [-0.4, -0.2) is 36.6 Å². The Bertz CT molecular complexity index is 598. The Balaban J connectivity index is 0.00000264. The standard InChI is InChI=1S/C17H23N3OS.HI/c1-17(21,15-10-7-11-22-15)13-19-16(20(2)3)18-12-14-8-5-4-6-9-14;/h4-11,21H,12-13H2,1-3H3,(H,18,19);1H. The molecule has 6 heteroatoms. The van der Waals surface area contributed by atoms with E-state index in [1.807, 2.05) is 61.6 Å². The van der Waals surface area contributed by atoms with E-state index in [1.165, 1.54) is 0 Å². The molecule has 0 radical (unpaired) electrons. The van der Waals surface area contributed by atoms with Gasteiger partial charge in [-0.25, -0.2) is 4.99 Å². The van der Waals surface area contributed by atoms with Crippen molar-refractivity contribution in [1.82, 2.24) is 10.2 Å². The van der Waals surface area contributed by atoms with Crippen molar-refractivity contribution < 1.29 is 5.11 Å². The van der Waals surface area contributed by atoms with Gasteiger partial charge in [0.05, 0.1) is 13.1 Å². The lowest BCUT2D eigenvalue weighted by atomic mass is 10.1. The minimum atomic E-state index is -0.905. The third-order valence-corrected chi connectivity index (χ3v) is 4.44. The van der Waals surface area contributed by atoms with Crippen molar-refractivity contribution in [3.05, 3.63) is 58.3 Å². The van der Waals surface area contributed by atoms with Crippen LogP contribution < -0.4 is 5.32 Å². The van der Waals surface area contributed by atoms with Crippen molar-refractivity contribution >= 4 is 41.3 Å². The molecule has 2 aromatic rings. The van der Waals surface area contributed by atoms with Crippen LogP contribution in [0.5, 0.6) is 0 Å². The maximum Gasteiger partial charge on any atom is 0.193 e. The zero-order valence-electron chi connectivity index (χ0n) is 13.7. The Morgan fingerprint density at radius 3 is 2.48 bits per heavy atom. The number of nitrogens with one attached hydrogen (secondary N) is 1. The van der Waals surface area contributed by atoms with E-state index < -0.39 is 5.60 Å². The predicted octanol–water partition coefficient (Wildman–Crippen LogP) is 3.28. The highest BCUT2D eigenvalue weighted by molar-refractivity contribution is 14.0. The maximum atomic E-state index is 10.6. The quantitative estimate of drug-likeness (QED) is 0.422. The maximum absolute atomic E-state index is 10.6. The Hall–Kier alpha value is -1.12. The summed E-state index contributed by atoms with van der Waals surface area (Å²) < 4.78 is 0. The van der Waals surface area contributed by atoms with Crippen LogP contribution in [0.1, 0.15) is 17.4 Å². The van der Waals surface area contributed by atoms with Crippen LogP contribution in [0.4, 0.5) is 0 Å². The SMILES string of the molecule is CN(C)C(=NCc1ccccc1)NCC(C)(O)c1cccs1.I. The highest BCUT2D eigenvalue weighted by Gasteiger charge is 2.24. The summed E-state index contributed by atoms with van der Waals surface area (Å²) in [6.07, 6.45) is 0. The minimum absolute atomic E-state index is 0. The molecule has 0 saturated heterocycles. The number of hydrogen-bond donors (Lipinski definition) is 2. The van der Waals surface area contributed by atoms with Gasteiger partial charge >= 0.3 is 0 Å². The molecule has 0 amide bonds. The third-order valence-electron chi connectivity index (χ3n) is 3.32. The zero-order valence-corrected chi connectivity index (χ0v) is 16.8. The first kappa shape index (κ1) is 19.9. The monoisotopic (exact) mass is 445 g/mol. The van der Waals surface area contributed by atoms with Gasteiger partial charge in [0.1, 0.15) is 5.60 Å². The van der Waals surface area contributed by atoms with Gasteiger partial charge in [0.25, 0.3) is 0 Å². The van der Waals surface area contributed by atoms with E-state index in [9.17, 15) is 5.11 Å². The highest BCUT2D eigenvalue weighted by Crippen LogP contribution is 2.24. The average Bonchev–Trinajstić information content (AvgIpc) is 3.03. The number of thiophene rings is 1. The van der Waals surface area contributed by atoms with Gasteiger partial charge in [0.15, 0.2) is 5.96 Å². The molecule has 4 nitrogen and oxygen atoms in total. The number of guanidine groups is 1. The summed E-state index contributed by atoms with van der Waals surface area (Å²) in [5.74, 6) is 0.765. The Labute approximate surface area is 159 Å². The van der Waals surface area contributed by atoms with Gasteiger partial charge in [0.2, 0.25) is 0 Å². The van der Waals surface area contributed by atoms with E-state index in [1.54, 1.807) is 11.3 Å². The van der Waals surface area contributed by atoms with Crippen LogP contribution in [-0.2, 0) is 12.1 Å². The molecule has 126 valence electrons. The molecule has 0 aliphatic carbocycles. The van der Waals surface area contributed by atoms with E-state index in [0.717, 1.165) is 16.4 Å². The first-order valence-electron chi connectivity index (χ1n) is 7.25. The largest absolute Gasteiger partial charge is 0.383 e. The minimum Gasteiger partial charge on any atom is -0.383 e. The Kier molecular flexibility index (Phi) is 8.01. The lowest BCUT2D eigenvalue weighted by molar-refractivity contribution is 0.0651. The first-order chi connectivity index (χ1) is 10.5. The van der Waals surface area contributed by atoms with E-state index in [0.29, 0.717) is 13.1 Å². The second-order valence-corrected chi connectivity index (χ2v) is 6.57. The predicted molar refractivity (Wildman–Crippen MR) is 109 cm³/mol. The van der Waals surface area contributed by atoms with Crippen LogP contribution in [0.2, 0.25) is 0 Å². The van der Waals surface area contributed by atoms with E-state index in [2.05, 4.69) is 22.4 Å². The van der Waals surface area contributed by atoms with Gasteiger partial charge in [-0.2, -0.15) is 0 Å². The molecule has 1 atom stereocenters. The van der Waals surface area contributed by atoms with Gasteiger partial charge in [-0.1, -0.05) is 36.4 Å². The van der Waals surface area contributed by atoms with Crippen molar-refractivity contribution in [3.8, 4) is 0 Å².